The molecule has 0 radical (unpaired) electrons. The van der Waals surface area contributed by atoms with E-state index in [-0.39, 0.29) is 5.78 Å². The van der Waals surface area contributed by atoms with E-state index >= 15 is 0 Å². The van der Waals surface area contributed by atoms with Crippen molar-refractivity contribution < 1.29 is 14.3 Å². The van der Waals surface area contributed by atoms with Crippen molar-refractivity contribution >= 4 is 11.8 Å². The van der Waals surface area contributed by atoms with Crippen LogP contribution in [0.4, 0.5) is 0 Å². The molecule has 0 aliphatic rings. The molecule has 0 bridgehead atoms. The highest BCUT2D eigenvalue weighted by molar-refractivity contribution is 6.02. The monoisotopic (exact) mass is 372 g/mol. The number of hydrogen-bond donors (Lipinski definition) is 0. The molecule has 0 aliphatic heterocycles. The van der Waals surface area contributed by atoms with Crippen LogP contribution in [0.5, 0.6) is 0 Å². The zero-order valence-corrected chi connectivity index (χ0v) is 16.7. The van der Waals surface area contributed by atoms with Gasteiger partial charge in [0.05, 0.1) is 5.56 Å². The van der Waals surface area contributed by atoms with Gasteiger partial charge in [-0.15, -0.1) is 0 Å². The first-order valence-corrected chi connectivity index (χ1v) is 9.31. The van der Waals surface area contributed by atoms with Crippen molar-refractivity contribution in [3.63, 3.8) is 0 Å². The molecule has 0 aliphatic carbocycles. The van der Waals surface area contributed by atoms with Crippen molar-refractivity contribution in [2.75, 3.05) is 0 Å². The number of aryl methyl sites for hydroxylation is 4. The SMILES string of the molecule is Cc1ccc(C(=O)[C@H](OC(=O)c2cc(C)ccc2C)c2ccc(C)cc2)cc1. The molecule has 0 spiro atoms. The van der Waals surface area contributed by atoms with Gasteiger partial charge in [-0.1, -0.05) is 77.4 Å². The van der Waals surface area contributed by atoms with Crippen LogP contribution in [0.25, 0.3) is 0 Å². The third-order valence-electron chi connectivity index (χ3n) is 4.79. The van der Waals surface area contributed by atoms with Gasteiger partial charge in [-0.2, -0.15) is 0 Å². The highest BCUT2D eigenvalue weighted by Gasteiger charge is 2.27. The highest BCUT2D eigenvalue weighted by Crippen LogP contribution is 2.26. The van der Waals surface area contributed by atoms with Gasteiger partial charge >= 0.3 is 5.97 Å². The van der Waals surface area contributed by atoms with E-state index in [4.69, 9.17) is 4.74 Å². The van der Waals surface area contributed by atoms with Crippen LogP contribution in [0.3, 0.4) is 0 Å². The lowest BCUT2D eigenvalue weighted by Gasteiger charge is -2.19. The summed E-state index contributed by atoms with van der Waals surface area (Å²) in [6, 6.07) is 20.4. The maximum Gasteiger partial charge on any atom is 0.339 e. The van der Waals surface area contributed by atoms with Crippen LogP contribution in [0.15, 0.2) is 66.7 Å². The van der Waals surface area contributed by atoms with Gasteiger partial charge in [-0.05, 0) is 39.3 Å². The van der Waals surface area contributed by atoms with Gasteiger partial charge in [0, 0.05) is 11.1 Å². The van der Waals surface area contributed by atoms with Gasteiger partial charge in [-0.25, -0.2) is 4.79 Å². The molecule has 142 valence electrons. The van der Waals surface area contributed by atoms with E-state index in [2.05, 4.69) is 0 Å². The Bertz CT molecular complexity index is 999. The molecular weight excluding hydrogens is 348 g/mol. The molecule has 1 atom stereocenters. The first kappa shape index (κ1) is 19.6. The Balaban J connectivity index is 1.97. The lowest BCUT2D eigenvalue weighted by atomic mass is 9.98. The van der Waals surface area contributed by atoms with Crippen LogP contribution in [0.1, 0.15) is 54.6 Å². The van der Waals surface area contributed by atoms with Gasteiger partial charge in [0.2, 0.25) is 5.78 Å². The number of carbonyl (C=O) groups is 2. The Morgan fingerprint density at radius 3 is 1.86 bits per heavy atom. The second-order valence-electron chi connectivity index (χ2n) is 7.24. The minimum atomic E-state index is -0.990. The van der Waals surface area contributed by atoms with E-state index in [0.29, 0.717) is 16.7 Å². The number of benzene rings is 3. The van der Waals surface area contributed by atoms with Crippen molar-refractivity contribution in [2.24, 2.45) is 0 Å². The second kappa shape index (κ2) is 8.22. The van der Waals surface area contributed by atoms with Gasteiger partial charge in [0.15, 0.2) is 6.10 Å². The summed E-state index contributed by atoms with van der Waals surface area (Å²) >= 11 is 0. The number of ether oxygens (including phenoxy) is 1. The maximum atomic E-state index is 13.2. The number of rotatable bonds is 5. The molecule has 3 heteroatoms. The Morgan fingerprint density at radius 2 is 1.25 bits per heavy atom. The first-order chi connectivity index (χ1) is 13.3. The van der Waals surface area contributed by atoms with E-state index in [0.717, 1.165) is 22.3 Å². The molecule has 3 nitrogen and oxygen atoms in total. The van der Waals surface area contributed by atoms with E-state index in [1.807, 2.05) is 76.2 Å². The van der Waals surface area contributed by atoms with Crippen LogP contribution in [-0.4, -0.2) is 11.8 Å². The topological polar surface area (TPSA) is 43.4 Å². The van der Waals surface area contributed by atoms with Gasteiger partial charge in [0.25, 0.3) is 0 Å². The molecule has 0 heterocycles. The van der Waals surface area contributed by atoms with Crippen molar-refractivity contribution in [3.05, 3.63) is 106 Å². The zero-order chi connectivity index (χ0) is 20.3. The fraction of sp³-hybridized carbons (Fsp3) is 0.200. The minimum Gasteiger partial charge on any atom is -0.445 e. The Morgan fingerprint density at radius 1 is 0.714 bits per heavy atom. The predicted octanol–water partition coefficient (Wildman–Crippen LogP) is 5.70. The van der Waals surface area contributed by atoms with Crippen LogP contribution in [-0.2, 0) is 4.74 Å². The van der Waals surface area contributed by atoms with Crippen LogP contribution in [0, 0.1) is 27.7 Å². The fourth-order valence-electron chi connectivity index (χ4n) is 3.01. The van der Waals surface area contributed by atoms with E-state index in [9.17, 15) is 9.59 Å². The summed E-state index contributed by atoms with van der Waals surface area (Å²) < 4.78 is 5.76. The van der Waals surface area contributed by atoms with Gasteiger partial charge < -0.3 is 4.74 Å². The fourth-order valence-corrected chi connectivity index (χ4v) is 3.01. The standard InChI is InChI=1S/C25H24O3/c1-16-6-11-20(12-7-16)23(26)24(21-13-8-17(2)9-14-21)28-25(27)22-15-18(3)5-10-19(22)4/h5-15,24H,1-4H3/t24-/m1/s1. The van der Waals surface area contributed by atoms with Gasteiger partial charge in [-0.3, -0.25) is 4.79 Å². The average molecular weight is 372 g/mol. The molecule has 0 fully saturated rings. The van der Waals surface area contributed by atoms with Crippen molar-refractivity contribution in [1.82, 2.24) is 0 Å². The highest BCUT2D eigenvalue weighted by atomic mass is 16.5. The van der Waals surface area contributed by atoms with Crippen molar-refractivity contribution in [2.45, 2.75) is 33.8 Å². The third kappa shape index (κ3) is 4.37. The number of Topliss-reactive ketones (excluding diaryl/α,β-unsaturated/α-hetero) is 1. The number of ketones is 1. The summed E-state index contributed by atoms with van der Waals surface area (Å²) in [5.74, 6) is -0.727. The summed E-state index contributed by atoms with van der Waals surface area (Å²) in [4.78, 5) is 26.1. The van der Waals surface area contributed by atoms with E-state index in [1.54, 1.807) is 18.2 Å². The van der Waals surface area contributed by atoms with E-state index < -0.39 is 12.1 Å². The molecular formula is C25H24O3. The molecule has 0 unspecified atom stereocenters. The number of esters is 1. The largest absolute Gasteiger partial charge is 0.445 e. The molecule has 28 heavy (non-hydrogen) atoms. The van der Waals surface area contributed by atoms with Crippen molar-refractivity contribution in [1.29, 1.82) is 0 Å². The Hall–Kier alpha value is -3.20. The maximum absolute atomic E-state index is 13.2. The van der Waals surface area contributed by atoms with Crippen LogP contribution in [0.2, 0.25) is 0 Å². The molecule has 3 aromatic rings. The molecule has 0 saturated heterocycles. The first-order valence-electron chi connectivity index (χ1n) is 9.31. The molecule has 3 aromatic carbocycles. The molecule has 0 amide bonds. The Kier molecular flexibility index (Phi) is 5.74. The lowest BCUT2D eigenvalue weighted by molar-refractivity contribution is 0.0279. The summed E-state index contributed by atoms with van der Waals surface area (Å²) in [5, 5.41) is 0. The quantitative estimate of drug-likeness (QED) is 0.426. The minimum absolute atomic E-state index is 0.234. The number of carbonyl (C=O) groups excluding carboxylic acids is 2. The summed E-state index contributed by atoms with van der Waals surface area (Å²) in [5.41, 5.74) is 5.59. The molecule has 3 rings (SSSR count). The normalized spacial score (nSPS) is 11.7. The van der Waals surface area contributed by atoms with E-state index in [1.165, 1.54) is 0 Å². The second-order valence-corrected chi connectivity index (χ2v) is 7.24. The molecule has 0 N–H and O–H groups in total. The smallest absolute Gasteiger partial charge is 0.339 e. The number of hydrogen-bond acceptors (Lipinski definition) is 3. The molecule has 0 saturated carbocycles. The Labute approximate surface area is 166 Å². The average Bonchev–Trinajstić information content (AvgIpc) is 2.68. The third-order valence-corrected chi connectivity index (χ3v) is 4.79. The van der Waals surface area contributed by atoms with Crippen LogP contribution < -0.4 is 0 Å². The lowest BCUT2D eigenvalue weighted by Crippen LogP contribution is -2.21. The summed E-state index contributed by atoms with van der Waals surface area (Å²) in [6.07, 6.45) is -0.990. The zero-order valence-electron chi connectivity index (χ0n) is 16.7. The van der Waals surface area contributed by atoms with Gasteiger partial charge in [0.1, 0.15) is 0 Å². The van der Waals surface area contributed by atoms with Crippen LogP contribution >= 0.6 is 0 Å². The molecule has 0 aromatic heterocycles. The predicted molar refractivity (Wildman–Crippen MR) is 111 cm³/mol. The van der Waals surface area contributed by atoms with Crippen molar-refractivity contribution in [3.8, 4) is 0 Å². The summed E-state index contributed by atoms with van der Waals surface area (Å²) in [6.45, 7) is 7.72. The summed E-state index contributed by atoms with van der Waals surface area (Å²) in [7, 11) is 0.